The van der Waals surface area contributed by atoms with Crippen LogP contribution in [0.5, 0.6) is 0 Å². The molecular weight excluding hydrogens is 302 g/mol. The van der Waals surface area contributed by atoms with E-state index in [9.17, 15) is 9.59 Å². The number of allylic oxidation sites excluding steroid dienone is 1. The Morgan fingerprint density at radius 3 is 2.46 bits per heavy atom. The minimum atomic E-state index is -0.368. The van der Waals surface area contributed by atoms with Crippen molar-refractivity contribution in [3.05, 3.63) is 11.6 Å². The molecule has 0 spiro atoms. The third-order valence-electron chi connectivity index (χ3n) is 4.98. The van der Waals surface area contributed by atoms with Crippen LogP contribution < -0.4 is 5.32 Å². The van der Waals surface area contributed by atoms with E-state index in [1.54, 1.807) is 0 Å². The van der Waals surface area contributed by atoms with Crippen LogP contribution in [0.25, 0.3) is 0 Å². The second-order valence-electron chi connectivity index (χ2n) is 8.38. The summed E-state index contributed by atoms with van der Waals surface area (Å²) in [6.45, 7) is 15.3. The highest BCUT2D eigenvalue weighted by molar-refractivity contribution is 5.81. The van der Waals surface area contributed by atoms with Crippen molar-refractivity contribution in [3.8, 4) is 0 Å². The van der Waals surface area contributed by atoms with Gasteiger partial charge in [0.2, 0.25) is 5.91 Å². The summed E-state index contributed by atoms with van der Waals surface area (Å²) in [5, 5.41) is 3.10. The van der Waals surface area contributed by atoms with Gasteiger partial charge in [-0.05, 0) is 43.9 Å². The Balaban J connectivity index is 2.79. The lowest BCUT2D eigenvalue weighted by Crippen LogP contribution is -2.41. The first kappa shape index (κ1) is 20.7. The summed E-state index contributed by atoms with van der Waals surface area (Å²) >= 11 is 0. The largest absolute Gasteiger partial charge is 0.466 e. The van der Waals surface area contributed by atoms with Crippen molar-refractivity contribution in [2.24, 2.45) is 29.1 Å². The second kappa shape index (κ2) is 8.68. The lowest BCUT2D eigenvalue weighted by molar-refractivity contribution is -0.144. The number of amides is 1. The van der Waals surface area contributed by atoms with Crippen LogP contribution in [0.1, 0.15) is 61.3 Å². The van der Waals surface area contributed by atoms with Crippen molar-refractivity contribution in [1.82, 2.24) is 5.32 Å². The van der Waals surface area contributed by atoms with Crippen molar-refractivity contribution in [3.63, 3.8) is 0 Å². The molecule has 1 rings (SSSR count). The van der Waals surface area contributed by atoms with E-state index in [2.05, 4.69) is 32.2 Å². The van der Waals surface area contributed by atoms with Gasteiger partial charge in [-0.2, -0.15) is 0 Å². The maximum Gasteiger partial charge on any atom is 0.306 e. The maximum atomic E-state index is 12.2. The monoisotopic (exact) mass is 337 g/mol. The molecule has 0 aromatic heterocycles. The summed E-state index contributed by atoms with van der Waals surface area (Å²) in [4.78, 5) is 24.0. The van der Waals surface area contributed by atoms with Crippen LogP contribution >= 0.6 is 0 Å². The van der Waals surface area contributed by atoms with Crippen LogP contribution in [0.15, 0.2) is 11.6 Å². The standard InChI is InChI=1S/C20H35NO3/c1-8-24-18(22)11-15-10-17(13(2)3)16(9-14(15)4)12-21-19(23)20(5,6)7/h9,13,15-17H,8,10-12H2,1-7H3,(H,21,23). The van der Waals surface area contributed by atoms with E-state index < -0.39 is 0 Å². The summed E-state index contributed by atoms with van der Waals surface area (Å²) in [5.41, 5.74) is 0.877. The van der Waals surface area contributed by atoms with Crippen molar-refractivity contribution in [2.45, 2.75) is 61.3 Å². The van der Waals surface area contributed by atoms with E-state index >= 15 is 0 Å². The topological polar surface area (TPSA) is 55.4 Å². The van der Waals surface area contributed by atoms with E-state index in [1.165, 1.54) is 5.57 Å². The Hall–Kier alpha value is -1.32. The molecule has 4 nitrogen and oxygen atoms in total. The minimum absolute atomic E-state index is 0.0877. The summed E-state index contributed by atoms with van der Waals surface area (Å²) in [6.07, 6.45) is 3.70. The molecule has 138 valence electrons. The molecule has 1 aliphatic carbocycles. The van der Waals surface area contributed by atoms with Crippen molar-refractivity contribution < 1.29 is 14.3 Å². The van der Waals surface area contributed by atoms with Gasteiger partial charge in [-0.15, -0.1) is 0 Å². The van der Waals surface area contributed by atoms with Crippen molar-refractivity contribution in [1.29, 1.82) is 0 Å². The quantitative estimate of drug-likeness (QED) is 0.589. The number of carbonyl (C=O) groups excluding carboxylic acids is 2. The number of hydrogen-bond donors (Lipinski definition) is 1. The lowest BCUT2D eigenvalue weighted by Gasteiger charge is -2.37. The predicted octanol–water partition coefficient (Wildman–Crippen LogP) is 3.96. The highest BCUT2D eigenvalue weighted by Gasteiger charge is 2.33. The van der Waals surface area contributed by atoms with E-state index in [-0.39, 0.29) is 23.2 Å². The summed E-state index contributed by atoms with van der Waals surface area (Å²) in [5.74, 6) is 1.53. The second-order valence-corrected chi connectivity index (χ2v) is 8.38. The molecule has 0 aromatic carbocycles. The van der Waals surface area contributed by atoms with Gasteiger partial charge < -0.3 is 10.1 Å². The zero-order chi connectivity index (χ0) is 18.5. The van der Waals surface area contributed by atoms with Crippen LogP contribution in [0, 0.1) is 29.1 Å². The molecule has 3 unspecified atom stereocenters. The van der Waals surface area contributed by atoms with Crippen molar-refractivity contribution >= 4 is 11.9 Å². The van der Waals surface area contributed by atoms with E-state index in [1.807, 2.05) is 27.7 Å². The van der Waals surface area contributed by atoms with E-state index in [0.29, 0.717) is 37.3 Å². The fourth-order valence-corrected chi connectivity index (χ4v) is 3.40. The molecule has 1 aliphatic rings. The van der Waals surface area contributed by atoms with Gasteiger partial charge in [0.1, 0.15) is 0 Å². The highest BCUT2D eigenvalue weighted by Crippen LogP contribution is 2.38. The van der Waals surface area contributed by atoms with Crippen LogP contribution in [-0.4, -0.2) is 25.0 Å². The van der Waals surface area contributed by atoms with Crippen LogP contribution in [0.2, 0.25) is 0 Å². The van der Waals surface area contributed by atoms with Gasteiger partial charge in [-0.1, -0.05) is 46.3 Å². The highest BCUT2D eigenvalue weighted by atomic mass is 16.5. The van der Waals surface area contributed by atoms with Gasteiger partial charge in [0.25, 0.3) is 0 Å². The van der Waals surface area contributed by atoms with Gasteiger partial charge in [-0.25, -0.2) is 0 Å². The fraction of sp³-hybridized carbons (Fsp3) is 0.800. The SMILES string of the molecule is CCOC(=O)CC1CC(C(C)C)C(CNC(=O)C(C)(C)C)C=C1C. The molecule has 0 aliphatic heterocycles. The molecule has 0 fully saturated rings. The summed E-state index contributed by atoms with van der Waals surface area (Å²) in [6, 6.07) is 0. The summed E-state index contributed by atoms with van der Waals surface area (Å²) in [7, 11) is 0. The van der Waals surface area contributed by atoms with Gasteiger partial charge in [0.15, 0.2) is 0 Å². The third-order valence-corrected chi connectivity index (χ3v) is 4.98. The molecule has 3 atom stereocenters. The minimum Gasteiger partial charge on any atom is -0.466 e. The smallest absolute Gasteiger partial charge is 0.306 e. The van der Waals surface area contributed by atoms with Crippen LogP contribution in [-0.2, 0) is 14.3 Å². The van der Waals surface area contributed by atoms with Crippen LogP contribution in [0.4, 0.5) is 0 Å². The molecular formula is C20H35NO3. The predicted molar refractivity (Wildman–Crippen MR) is 97.4 cm³/mol. The third kappa shape index (κ3) is 5.95. The average Bonchev–Trinajstić information content (AvgIpc) is 2.45. The zero-order valence-corrected chi connectivity index (χ0v) is 16.4. The molecule has 0 bridgehead atoms. The Morgan fingerprint density at radius 1 is 1.33 bits per heavy atom. The Bertz CT molecular complexity index is 474. The number of ether oxygens (including phenoxy) is 1. The number of carbonyl (C=O) groups is 2. The molecule has 1 N–H and O–H groups in total. The molecule has 0 radical (unpaired) electrons. The Kier molecular flexibility index (Phi) is 7.50. The number of hydrogen-bond acceptors (Lipinski definition) is 3. The fourth-order valence-electron chi connectivity index (χ4n) is 3.40. The Labute approximate surface area is 147 Å². The van der Waals surface area contributed by atoms with Crippen LogP contribution in [0.3, 0.4) is 0 Å². The normalized spacial score (nSPS) is 24.5. The molecule has 0 saturated heterocycles. The molecule has 4 heteroatoms. The van der Waals surface area contributed by atoms with Crippen molar-refractivity contribution in [2.75, 3.05) is 13.2 Å². The van der Waals surface area contributed by atoms with Gasteiger partial charge in [-0.3, -0.25) is 9.59 Å². The Morgan fingerprint density at radius 2 is 1.96 bits per heavy atom. The average molecular weight is 338 g/mol. The van der Waals surface area contributed by atoms with Gasteiger partial charge in [0.05, 0.1) is 13.0 Å². The van der Waals surface area contributed by atoms with Gasteiger partial charge in [0, 0.05) is 12.0 Å². The maximum absolute atomic E-state index is 12.2. The number of rotatable bonds is 6. The molecule has 0 heterocycles. The molecule has 1 amide bonds. The lowest BCUT2D eigenvalue weighted by atomic mass is 9.70. The molecule has 24 heavy (non-hydrogen) atoms. The number of nitrogens with one attached hydrogen (secondary N) is 1. The molecule has 0 aromatic rings. The van der Waals surface area contributed by atoms with E-state index in [0.717, 1.165) is 6.42 Å². The first-order valence-electron chi connectivity index (χ1n) is 9.18. The summed E-state index contributed by atoms with van der Waals surface area (Å²) < 4.78 is 5.11. The molecule has 0 saturated carbocycles. The zero-order valence-electron chi connectivity index (χ0n) is 16.4. The van der Waals surface area contributed by atoms with Gasteiger partial charge >= 0.3 is 5.97 Å². The number of esters is 1. The first-order chi connectivity index (χ1) is 11.1. The van der Waals surface area contributed by atoms with E-state index in [4.69, 9.17) is 4.74 Å². The first-order valence-corrected chi connectivity index (χ1v) is 9.18.